The first-order valence-electron chi connectivity index (χ1n) is 7.39. The molecule has 0 spiro atoms. The maximum atomic E-state index is 12.2. The second kappa shape index (κ2) is 10.4. The summed E-state index contributed by atoms with van der Waals surface area (Å²) in [6.45, 7) is 6.42. The van der Waals surface area contributed by atoms with Gasteiger partial charge in [0.05, 0.1) is 0 Å². The van der Waals surface area contributed by atoms with Gasteiger partial charge in [0.25, 0.3) is 0 Å². The van der Waals surface area contributed by atoms with Gasteiger partial charge in [0.2, 0.25) is 5.88 Å². The van der Waals surface area contributed by atoms with Gasteiger partial charge in [-0.1, -0.05) is 31.4 Å². The van der Waals surface area contributed by atoms with Crippen LogP contribution in [-0.4, -0.2) is 47.7 Å². The van der Waals surface area contributed by atoms with Gasteiger partial charge in [0.1, 0.15) is 25.5 Å². The van der Waals surface area contributed by atoms with E-state index in [-0.39, 0.29) is 12.5 Å². The molecule has 6 heteroatoms. The van der Waals surface area contributed by atoms with Crippen LogP contribution in [0.25, 0.3) is 6.08 Å². The largest absolute Gasteiger partial charge is 0.475 e. The standard InChI is InChI=1S/C18H23FN2O3/c1-13(4-6-14(2)20-3)5-7-15-8-9-18(21-11-15)24-12-17(23)16(22)10-19/h4-9,11,16-17,20,22-23H,1-2,10,12H2,3H3/b6-4-,7-5+. The van der Waals surface area contributed by atoms with E-state index < -0.39 is 18.9 Å². The fourth-order valence-corrected chi connectivity index (χ4v) is 1.51. The van der Waals surface area contributed by atoms with Gasteiger partial charge >= 0.3 is 0 Å². The number of likely N-dealkylation sites (N-methyl/N-ethyl adjacent to an activating group) is 1. The molecule has 0 aromatic carbocycles. The van der Waals surface area contributed by atoms with Crippen molar-refractivity contribution < 1.29 is 19.3 Å². The highest BCUT2D eigenvalue weighted by atomic mass is 19.1. The molecule has 0 amide bonds. The molecule has 3 N–H and O–H groups in total. The van der Waals surface area contributed by atoms with E-state index >= 15 is 0 Å². The molecule has 2 unspecified atom stereocenters. The molecule has 1 aromatic heterocycles. The molecule has 0 fully saturated rings. The van der Waals surface area contributed by atoms with Crippen molar-refractivity contribution in [1.29, 1.82) is 0 Å². The van der Waals surface area contributed by atoms with Gasteiger partial charge in [0, 0.05) is 25.0 Å². The van der Waals surface area contributed by atoms with Gasteiger partial charge in [-0.3, -0.25) is 0 Å². The van der Waals surface area contributed by atoms with Crippen LogP contribution in [0.5, 0.6) is 5.88 Å². The van der Waals surface area contributed by atoms with Gasteiger partial charge in [-0.25, -0.2) is 9.37 Å². The van der Waals surface area contributed by atoms with E-state index in [4.69, 9.17) is 9.84 Å². The summed E-state index contributed by atoms with van der Waals surface area (Å²) in [5.41, 5.74) is 2.43. The minimum Gasteiger partial charge on any atom is -0.475 e. The molecule has 1 aromatic rings. The normalized spacial score (nSPS) is 13.8. The Morgan fingerprint density at radius 1 is 1.29 bits per heavy atom. The molecule has 0 aliphatic rings. The van der Waals surface area contributed by atoms with E-state index in [1.165, 1.54) is 0 Å². The average molecular weight is 334 g/mol. The first kappa shape index (κ1) is 19.6. The van der Waals surface area contributed by atoms with Gasteiger partial charge < -0.3 is 20.3 Å². The Hall–Kier alpha value is -2.44. The van der Waals surface area contributed by atoms with Crippen molar-refractivity contribution in [2.75, 3.05) is 20.3 Å². The number of hydrogen-bond acceptors (Lipinski definition) is 5. The number of ether oxygens (including phenoxy) is 1. The summed E-state index contributed by atoms with van der Waals surface area (Å²) < 4.78 is 17.4. The average Bonchev–Trinajstić information content (AvgIpc) is 2.62. The van der Waals surface area contributed by atoms with Crippen molar-refractivity contribution in [3.05, 3.63) is 66.5 Å². The van der Waals surface area contributed by atoms with Crippen molar-refractivity contribution in [2.45, 2.75) is 12.2 Å². The molecule has 0 aliphatic carbocycles. The molecule has 0 bridgehead atoms. The fourth-order valence-electron chi connectivity index (χ4n) is 1.51. The zero-order valence-corrected chi connectivity index (χ0v) is 13.7. The topological polar surface area (TPSA) is 74.6 Å². The number of rotatable bonds is 10. The minimum absolute atomic E-state index is 0.232. The van der Waals surface area contributed by atoms with Crippen LogP contribution in [0.1, 0.15) is 5.56 Å². The van der Waals surface area contributed by atoms with Crippen LogP contribution in [0.4, 0.5) is 4.39 Å². The first-order valence-corrected chi connectivity index (χ1v) is 7.39. The predicted octanol–water partition coefficient (Wildman–Crippen LogP) is 2.01. The second-order valence-electron chi connectivity index (χ2n) is 5.05. The summed E-state index contributed by atoms with van der Waals surface area (Å²) in [5.74, 6) is 0.279. The Kier molecular flexibility index (Phi) is 8.46. The van der Waals surface area contributed by atoms with E-state index in [1.54, 1.807) is 25.4 Å². The molecule has 2 atom stereocenters. The highest BCUT2D eigenvalue weighted by Gasteiger charge is 2.16. The highest BCUT2D eigenvalue weighted by molar-refractivity contribution is 5.53. The lowest BCUT2D eigenvalue weighted by atomic mass is 10.2. The zero-order chi connectivity index (χ0) is 17.9. The Labute approximate surface area is 141 Å². The lowest BCUT2D eigenvalue weighted by Crippen LogP contribution is -2.33. The molecule has 1 rings (SSSR count). The molecule has 0 saturated carbocycles. The number of allylic oxidation sites excluding steroid dienone is 4. The van der Waals surface area contributed by atoms with Crippen LogP contribution in [0, 0.1) is 0 Å². The van der Waals surface area contributed by atoms with Crippen LogP contribution in [0.3, 0.4) is 0 Å². The van der Waals surface area contributed by atoms with Crippen LogP contribution in [0.2, 0.25) is 0 Å². The molecule has 0 radical (unpaired) electrons. The van der Waals surface area contributed by atoms with Crippen LogP contribution in [-0.2, 0) is 0 Å². The Morgan fingerprint density at radius 3 is 2.62 bits per heavy atom. The molecule has 5 nitrogen and oxygen atoms in total. The molecule has 0 saturated heterocycles. The first-order chi connectivity index (χ1) is 11.5. The molecular formula is C18H23FN2O3. The lowest BCUT2D eigenvalue weighted by molar-refractivity contribution is -0.0194. The summed E-state index contributed by atoms with van der Waals surface area (Å²) in [6.07, 6.45) is 6.17. The van der Waals surface area contributed by atoms with Crippen LogP contribution >= 0.6 is 0 Å². The van der Waals surface area contributed by atoms with Gasteiger partial charge in [-0.15, -0.1) is 0 Å². The number of aromatic nitrogens is 1. The number of aliphatic hydroxyl groups excluding tert-OH is 2. The fraction of sp³-hybridized carbons (Fsp3) is 0.278. The van der Waals surface area contributed by atoms with E-state index in [0.29, 0.717) is 0 Å². The molecular weight excluding hydrogens is 311 g/mol. The third-order valence-corrected chi connectivity index (χ3v) is 3.07. The zero-order valence-electron chi connectivity index (χ0n) is 13.7. The number of nitrogens with zero attached hydrogens (tertiary/aromatic N) is 1. The Bertz CT molecular complexity index is 597. The third kappa shape index (κ3) is 7.21. The third-order valence-electron chi connectivity index (χ3n) is 3.07. The van der Waals surface area contributed by atoms with Crippen molar-refractivity contribution >= 4 is 6.08 Å². The maximum absolute atomic E-state index is 12.2. The molecule has 24 heavy (non-hydrogen) atoms. The SMILES string of the molecule is C=C(/C=C\C(=C)NC)/C=C/c1ccc(OCC(O)C(O)CF)nc1. The monoisotopic (exact) mass is 334 g/mol. The number of pyridine rings is 1. The smallest absolute Gasteiger partial charge is 0.213 e. The summed E-state index contributed by atoms with van der Waals surface area (Å²) in [4.78, 5) is 4.07. The lowest BCUT2D eigenvalue weighted by Gasteiger charge is -2.14. The molecule has 130 valence electrons. The van der Waals surface area contributed by atoms with Crippen LogP contribution < -0.4 is 10.1 Å². The van der Waals surface area contributed by atoms with E-state index in [9.17, 15) is 9.50 Å². The van der Waals surface area contributed by atoms with E-state index in [1.807, 2.05) is 24.3 Å². The number of halogens is 1. The van der Waals surface area contributed by atoms with Gasteiger partial charge in [0.15, 0.2) is 0 Å². The second-order valence-corrected chi connectivity index (χ2v) is 5.05. The maximum Gasteiger partial charge on any atom is 0.213 e. The van der Waals surface area contributed by atoms with Crippen molar-refractivity contribution in [2.24, 2.45) is 0 Å². The summed E-state index contributed by atoms with van der Waals surface area (Å²) in [7, 11) is 1.79. The Balaban J connectivity index is 2.52. The summed E-state index contributed by atoms with van der Waals surface area (Å²) in [5, 5.41) is 21.4. The minimum atomic E-state index is -1.45. The van der Waals surface area contributed by atoms with Gasteiger partial charge in [-0.2, -0.15) is 0 Å². The predicted molar refractivity (Wildman–Crippen MR) is 93.2 cm³/mol. The number of hydrogen-bond donors (Lipinski definition) is 3. The van der Waals surface area contributed by atoms with Crippen molar-refractivity contribution in [1.82, 2.24) is 10.3 Å². The molecule has 0 aliphatic heterocycles. The van der Waals surface area contributed by atoms with Crippen molar-refractivity contribution in [3.63, 3.8) is 0 Å². The number of nitrogens with one attached hydrogen (secondary N) is 1. The summed E-state index contributed by atoms with van der Waals surface area (Å²) >= 11 is 0. The Morgan fingerprint density at radius 2 is 2.04 bits per heavy atom. The quantitative estimate of drug-likeness (QED) is 0.571. The molecule has 1 heterocycles. The summed E-state index contributed by atoms with van der Waals surface area (Å²) in [6, 6.07) is 3.40. The van der Waals surface area contributed by atoms with Crippen molar-refractivity contribution in [3.8, 4) is 5.88 Å². The van der Waals surface area contributed by atoms with E-state index in [2.05, 4.69) is 23.5 Å². The van der Waals surface area contributed by atoms with E-state index in [0.717, 1.165) is 16.8 Å². The van der Waals surface area contributed by atoms with Crippen LogP contribution in [0.15, 0.2) is 61.0 Å². The number of alkyl halides is 1. The highest BCUT2D eigenvalue weighted by Crippen LogP contribution is 2.11. The number of aliphatic hydroxyl groups is 2. The van der Waals surface area contributed by atoms with Gasteiger partial charge in [-0.05, 0) is 23.3 Å².